The van der Waals surface area contributed by atoms with E-state index in [1.807, 2.05) is 6.07 Å². The van der Waals surface area contributed by atoms with Gasteiger partial charge in [0, 0.05) is 25.6 Å². The first-order valence-electron chi connectivity index (χ1n) is 9.96. The largest absolute Gasteiger partial charge is 0.495 e. The van der Waals surface area contributed by atoms with Gasteiger partial charge in [-0.25, -0.2) is 5.43 Å². The number of hydrazone groups is 1. The minimum Gasteiger partial charge on any atom is -0.495 e. The molecule has 0 heterocycles. The molecule has 7 nitrogen and oxygen atoms in total. The molecule has 10 heteroatoms. The molecule has 0 fully saturated rings. The zero-order valence-electron chi connectivity index (χ0n) is 18.0. The molecule has 0 aliphatic heterocycles. The second-order valence-corrected chi connectivity index (χ2v) is 8.68. The number of amides is 2. The number of halogens is 3. The average Bonchev–Trinajstić information content (AvgIpc) is 2.79. The summed E-state index contributed by atoms with van der Waals surface area (Å²) in [6, 6.07) is 17.4. The van der Waals surface area contributed by atoms with Gasteiger partial charge in [0.25, 0.3) is 0 Å². The van der Waals surface area contributed by atoms with Crippen LogP contribution in [0.25, 0.3) is 0 Å². The Bertz CT molecular complexity index is 1220. The molecule has 0 aromatic heterocycles. The highest BCUT2D eigenvalue weighted by Gasteiger charge is 2.12. The molecule has 0 spiro atoms. The molecule has 2 amide bonds. The second-order valence-electron chi connectivity index (χ2n) is 6.92. The van der Waals surface area contributed by atoms with Crippen molar-refractivity contribution in [2.24, 2.45) is 5.10 Å². The fraction of sp³-hybridized carbons (Fsp3) is 0.125. The maximum absolute atomic E-state index is 12.2. The molecule has 0 aliphatic rings. The van der Waals surface area contributed by atoms with Crippen molar-refractivity contribution in [3.8, 4) is 11.5 Å². The Balaban J connectivity index is 1.58. The molecule has 0 saturated carbocycles. The first kappa shape index (κ1) is 25.6. The minimum absolute atomic E-state index is 0.216. The van der Waals surface area contributed by atoms with Gasteiger partial charge in [-0.2, -0.15) is 5.10 Å². The van der Waals surface area contributed by atoms with Crippen molar-refractivity contribution >= 4 is 62.8 Å². The maximum Gasteiger partial charge on any atom is 0.249 e. The highest BCUT2D eigenvalue weighted by Crippen LogP contribution is 2.26. The SMILES string of the molecule is COc1ccccc1NC(=O)CC(=O)NN=Cc1cc(Br)ccc1OCc1ccc(Cl)cc1Cl. The number of anilines is 1. The van der Waals surface area contributed by atoms with Crippen LogP contribution in [0.4, 0.5) is 5.69 Å². The van der Waals surface area contributed by atoms with E-state index in [-0.39, 0.29) is 6.61 Å². The number of methoxy groups -OCH3 is 1. The predicted molar refractivity (Wildman–Crippen MR) is 137 cm³/mol. The Morgan fingerprint density at radius 1 is 1.03 bits per heavy atom. The summed E-state index contributed by atoms with van der Waals surface area (Å²) < 4.78 is 11.9. The second kappa shape index (κ2) is 12.4. The summed E-state index contributed by atoms with van der Waals surface area (Å²) in [6.07, 6.45) is 1.02. The average molecular weight is 565 g/mol. The van der Waals surface area contributed by atoms with E-state index in [1.54, 1.807) is 54.6 Å². The summed E-state index contributed by atoms with van der Waals surface area (Å²) in [5.74, 6) is -0.0462. The van der Waals surface area contributed by atoms with Crippen molar-refractivity contribution in [2.75, 3.05) is 12.4 Å². The predicted octanol–water partition coefficient (Wildman–Crippen LogP) is 5.82. The van der Waals surface area contributed by atoms with Crippen LogP contribution in [0.2, 0.25) is 10.0 Å². The van der Waals surface area contributed by atoms with E-state index in [0.29, 0.717) is 32.8 Å². The van der Waals surface area contributed by atoms with Crippen molar-refractivity contribution in [3.63, 3.8) is 0 Å². The number of carbonyl (C=O) groups excluding carboxylic acids is 2. The molecule has 3 rings (SSSR count). The first-order chi connectivity index (χ1) is 16.4. The van der Waals surface area contributed by atoms with E-state index in [4.69, 9.17) is 32.7 Å². The van der Waals surface area contributed by atoms with Gasteiger partial charge in [0.05, 0.1) is 19.0 Å². The lowest BCUT2D eigenvalue weighted by Gasteiger charge is -2.11. The summed E-state index contributed by atoms with van der Waals surface area (Å²) in [6.45, 7) is 0.216. The standard InChI is InChI=1S/C24H20BrCl2N3O4/c1-33-22-5-3-2-4-20(22)29-23(31)12-24(32)30-28-13-16-10-17(25)7-9-21(16)34-14-15-6-8-18(26)11-19(15)27/h2-11,13H,12,14H2,1H3,(H,29,31)(H,30,32). The molecule has 0 radical (unpaired) electrons. The summed E-state index contributed by atoms with van der Waals surface area (Å²) in [5, 5.41) is 7.62. The van der Waals surface area contributed by atoms with Crippen LogP contribution in [-0.4, -0.2) is 25.1 Å². The lowest BCUT2D eigenvalue weighted by molar-refractivity contribution is -0.126. The molecule has 3 aromatic carbocycles. The smallest absolute Gasteiger partial charge is 0.249 e. The number of nitrogens with one attached hydrogen (secondary N) is 2. The van der Waals surface area contributed by atoms with Crippen LogP contribution in [0.3, 0.4) is 0 Å². The van der Waals surface area contributed by atoms with Crippen LogP contribution < -0.4 is 20.2 Å². The number of benzene rings is 3. The van der Waals surface area contributed by atoms with Gasteiger partial charge in [-0.15, -0.1) is 0 Å². The first-order valence-corrected chi connectivity index (χ1v) is 11.5. The topological polar surface area (TPSA) is 89.0 Å². The third-order valence-electron chi connectivity index (χ3n) is 4.47. The van der Waals surface area contributed by atoms with E-state index in [1.165, 1.54) is 13.3 Å². The Labute approximate surface area is 215 Å². The molecule has 0 bridgehead atoms. The molecular weight excluding hydrogens is 545 g/mol. The third kappa shape index (κ3) is 7.48. The molecule has 176 valence electrons. The number of carbonyl (C=O) groups is 2. The number of rotatable bonds is 9. The van der Waals surface area contributed by atoms with Gasteiger partial charge in [0.1, 0.15) is 24.5 Å². The molecule has 0 atom stereocenters. The van der Waals surface area contributed by atoms with E-state index in [9.17, 15) is 9.59 Å². The Kier molecular flexibility index (Phi) is 9.33. The summed E-state index contributed by atoms with van der Waals surface area (Å²) in [4.78, 5) is 24.3. The summed E-state index contributed by atoms with van der Waals surface area (Å²) in [5.41, 5.74) is 4.20. The van der Waals surface area contributed by atoms with Gasteiger partial charge in [-0.05, 0) is 42.5 Å². The van der Waals surface area contributed by atoms with Gasteiger partial charge < -0.3 is 14.8 Å². The van der Waals surface area contributed by atoms with Crippen molar-refractivity contribution < 1.29 is 19.1 Å². The Hall–Kier alpha value is -3.07. The van der Waals surface area contributed by atoms with Gasteiger partial charge in [-0.3, -0.25) is 9.59 Å². The fourth-order valence-electron chi connectivity index (χ4n) is 2.85. The molecule has 3 aromatic rings. The zero-order chi connectivity index (χ0) is 24.5. The van der Waals surface area contributed by atoms with Crippen LogP contribution in [-0.2, 0) is 16.2 Å². The minimum atomic E-state index is -0.575. The number of ether oxygens (including phenoxy) is 2. The molecule has 0 saturated heterocycles. The van der Waals surface area contributed by atoms with E-state index < -0.39 is 18.2 Å². The maximum atomic E-state index is 12.2. The van der Waals surface area contributed by atoms with E-state index in [2.05, 4.69) is 31.8 Å². The van der Waals surface area contributed by atoms with Gasteiger partial charge >= 0.3 is 0 Å². The highest BCUT2D eigenvalue weighted by molar-refractivity contribution is 9.10. The van der Waals surface area contributed by atoms with Gasteiger partial charge in [0.15, 0.2) is 0 Å². The number of hydrogen-bond acceptors (Lipinski definition) is 5. The van der Waals surface area contributed by atoms with Crippen LogP contribution in [0.1, 0.15) is 17.5 Å². The number of nitrogens with zero attached hydrogens (tertiary/aromatic N) is 1. The fourth-order valence-corrected chi connectivity index (χ4v) is 3.69. The highest BCUT2D eigenvalue weighted by atomic mass is 79.9. The van der Waals surface area contributed by atoms with Crippen LogP contribution in [0, 0.1) is 0 Å². The monoisotopic (exact) mass is 563 g/mol. The van der Waals surface area contributed by atoms with Crippen molar-refractivity contribution in [1.82, 2.24) is 5.43 Å². The van der Waals surface area contributed by atoms with Gasteiger partial charge in [0.2, 0.25) is 11.8 Å². The molecule has 34 heavy (non-hydrogen) atoms. The van der Waals surface area contributed by atoms with Crippen LogP contribution in [0.15, 0.2) is 70.2 Å². The summed E-state index contributed by atoms with van der Waals surface area (Å²) in [7, 11) is 1.50. The molecular formula is C24H20BrCl2N3O4. The van der Waals surface area contributed by atoms with Crippen molar-refractivity contribution in [1.29, 1.82) is 0 Å². The van der Waals surface area contributed by atoms with E-state index in [0.717, 1.165) is 10.0 Å². The molecule has 0 aliphatic carbocycles. The zero-order valence-corrected chi connectivity index (χ0v) is 21.1. The Morgan fingerprint density at radius 3 is 2.59 bits per heavy atom. The normalized spacial score (nSPS) is 10.7. The summed E-state index contributed by atoms with van der Waals surface area (Å²) >= 11 is 15.5. The Morgan fingerprint density at radius 2 is 1.82 bits per heavy atom. The number of hydrogen-bond donors (Lipinski definition) is 2. The van der Waals surface area contributed by atoms with Crippen LogP contribution >= 0.6 is 39.1 Å². The molecule has 0 unspecified atom stereocenters. The molecule has 2 N–H and O–H groups in total. The number of para-hydroxylation sites is 2. The van der Waals surface area contributed by atoms with Crippen LogP contribution in [0.5, 0.6) is 11.5 Å². The van der Waals surface area contributed by atoms with E-state index >= 15 is 0 Å². The quantitative estimate of drug-likeness (QED) is 0.195. The third-order valence-corrected chi connectivity index (χ3v) is 5.55. The van der Waals surface area contributed by atoms with Gasteiger partial charge in [-0.1, -0.05) is 57.3 Å². The lowest BCUT2D eigenvalue weighted by atomic mass is 10.2. The lowest BCUT2D eigenvalue weighted by Crippen LogP contribution is -2.24. The van der Waals surface area contributed by atoms with Crippen molar-refractivity contribution in [2.45, 2.75) is 13.0 Å². The van der Waals surface area contributed by atoms with Crippen molar-refractivity contribution in [3.05, 3.63) is 86.3 Å².